The Bertz CT molecular complexity index is 572. The number of methoxy groups -OCH3 is 1. The highest BCUT2D eigenvalue weighted by atomic mass is 35.5. The lowest BCUT2D eigenvalue weighted by atomic mass is 10.1. The molecule has 2 aromatic rings. The molecular weight excluding hydrogens is 226 g/mol. The van der Waals surface area contributed by atoms with Gasteiger partial charge in [-0.05, 0) is 19.1 Å². The van der Waals surface area contributed by atoms with Crippen molar-refractivity contribution in [2.45, 2.75) is 6.92 Å². The summed E-state index contributed by atoms with van der Waals surface area (Å²) in [5.74, 6) is 0.586. The van der Waals surface area contributed by atoms with E-state index in [1.807, 2.05) is 24.6 Å². The summed E-state index contributed by atoms with van der Waals surface area (Å²) in [6.45, 7) is 1.91. The van der Waals surface area contributed by atoms with Gasteiger partial charge in [0.15, 0.2) is 6.29 Å². The smallest absolute Gasteiger partial charge is 0.152 e. The summed E-state index contributed by atoms with van der Waals surface area (Å²) < 4.78 is 7.09. The van der Waals surface area contributed by atoms with Crippen LogP contribution in [-0.2, 0) is 7.05 Å². The van der Waals surface area contributed by atoms with E-state index in [1.54, 1.807) is 13.2 Å². The fraction of sp³-hybridized carbons (Fsp3) is 0.250. The SMILES string of the molecule is COc1cc2c(C=O)c(C)n(C)c2cc1Cl. The van der Waals surface area contributed by atoms with Crippen molar-refractivity contribution >= 4 is 28.8 Å². The average molecular weight is 238 g/mol. The molecule has 0 spiro atoms. The van der Waals surface area contributed by atoms with Gasteiger partial charge in [0.05, 0.1) is 17.6 Å². The lowest BCUT2D eigenvalue weighted by Crippen LogP contribution is -1.91. The van der Waals surface area contributed by atoms with Crippen LogP contribution in [0.2, 0.25) is 5.02 Å². The Morgan fingerprint density at radius 1 is 1.44 bits per heavy atom. The number of hydrogen-bond acceptors (Lipinski definition) is 2. The van der Waals surface area contributed by atoms with Crippen LogP contribution in [0.5, 0.6) is 5.75 Å². The number of aryl methyl sites for hydroxylation is 1. The van der Waals surface area contributed by atoms with E-state index in [4.69, 9.17) is 16.3 Å². The summed E-state index contributed by atoms with van der Waals surface area (Å²) in [5.41, 5.74) is 2.55. The fourth-order valence-electron chi connectivity index (χ4n) is 1.90. The first-order chi connectivity index (χ1) is 7.60. The number of rotatable bonds is 2. The van der Waals surface area contributed by atoms with Gasteiger partial charge in [-0.1, -0.05) is 11.6 Å². The molecule has 0 aliphatic rings. The van der Waals surface area contributed by atoms with Crippen LogP contribution in [0.4, 0.5) is 0 Å². The lowest BCUT2D eigenvalue weighted by Gasteiger charge is -2.04. The van der Waals surface area contributed by atoms with Crippen molar-refractivity contribution in [2.75, 3.05) is 7.11 Å². The van der Waals surface area contributed by atoms with Crippen LogP contribution in [-0.4, -0.2) is 18.0 Å². The van der Waals surface area contributed by atoms with Crippen molar-refractivity contribution in [1.82, 2.24) is 4.57 Å². The first kappa shape index (κ1) is 11.0. The number of hydrogen-bond donors (Lipinski definition) is 0. The highest BCUT2D eigenvalue weighted by Crippen LogP contribution is 2.33. The van der Waals surface area contributed by atoms with E-state index in [0.29, 0.717) is 16.3 Å². The zero-order valence-electron chi connectivity index (χ0n) is 9.37. The lowest BCUT2D eigenvalue weighted by molar-refractivity contribution is 0.112. The summed E-state index contributed by atoms with van der Waals surface area (Å²) in [6.07, 6.45) is 0.866. The van der Waals surface area contributed by atoms with Gasteiger partial charge in [-0.15, -0.1) is 0 Å². The molecule has 0 unspecified atom stereocenters. The molecule has 84 valence electrons. The molecule has 0 aliphatic carbocycles. The molecule has 1 aromatic carbocycles. The maximum Gasteiger partial charge on any atom is 0.152 e. The molecule has 0 saturated heterocycles. The molecule has 4 heteroatoms. The second kappa shape index (κ2) is 3.83. The number of aromatic nitrogens is 1. The predicted molar refractivity (Wildman–Crippen MR) is 64.6 cm³/mol. The van der Waals surface area contributed by atoms with Crippen molar-refractivity contribution in [3.8, 4) is 5.75 Å². The fourth-order valence-corrected chi connectivity index (χ4v) is 2.13. The van der Waals surface area contributed by atoms with Gasteiger partial charge in [-0.2, -0.15) is 0 Å². The molecule has 0 amide bonds. The summed E-state index contributed by atoms with van der Waals surface area (Å²) in [5, 5.41) is 1.42. The minimum absolute atomic E-state index is 0.549. The zero-order valence-corrected chi connectivity index (χ0v) is 10.1. The number of aldehydes is 1. The molecule has 0 radical (unpaired) electrons. The summed E-state index contributed by atoms with van der Waals surface area (Å²) >= 11 is 6.05. The molecule has 0 atom stereocenters. The molecule has 3 nitrogen and oxygen atoms in total. The third-order valence-corrected chi connectivity index (χ3v) is 3.23. The predicted octanol–water partition coefficient (Wildman–Crippen LogP) is 2.96. The number of carbonyl (C=O) groups is 1. The van der Waals surface area contributed by atoms with Crippen molar-refractivity contribution in [1.29, 1.82) is 0 Å². The Hall–Kier alpha value is -1.48. The van der Waals surface area contributed by atoms with E-state index < -0.39 is 0 Å². The van der Waals surface area contributed by atoms with Crippen molar-refractivity contribution in [2.24, 2.45) is 7.05 Å². The average Bonchev–Trinajstić information content (AvgIpc) is 2.51. The standard InChI is InChI=1S/C12H12ClNO2/c1-7-9(6-15)8-4-12(16-3)10(13)5-11(8)14(7)2/h4-6H,1-3H3. The molecule has 1 heterocycles. The van der Waals surface area contributed by atoms with Crippen molar-refractivity contribution in [3.05, 3.63) is 28.4 Å². The minimum Gasteiger partial charge on any atom is -0.495 e. The summed E-state index contributed by atoms with van der Waals surface area (Å²) in [7, 11) is 3.47. The maximum atomic E-state index is 11.1. The van der Waals surface area contributed by atoms with Gasteiger partial charge in [-0.25, -0.2) is 0 Å². The molecule has 0 bridgehead atoms. The van der Waals surface area contributed by atoms with Gasteiger partial charge in [-0.3, -0.25) is 4.79 Å². The molecule has 16 heavy (non-hydrogen) atoms. The number of fused-ring (bicyclic) bond motifs is 1. The van der Waals surface area contributed by atoms with E-state index in [1.165, 1.54) is 0 Å². The number of carbonyl (C=O) groups excluding carboxylic acids is 1. The first-order valence-corrected chi connectivity index (χ1v) is 5.25. The van der Waals surface area contributed by atoms with Crippen LogP contribution in [0.15, 0.2) is 12.1 Å². The largest absolute Gasteiger partial charge is 0.495 e. The maximum absolute atomic E-state index is 11.1. The second-order valence-electron chi connectivity index (χ2n) is 3.68. The van der Waals surface area contributed by atoms with E-state index in [-0.39, 0.29) is 0 Å². The monoisotopic (exact) mass is 237 g/mol. The van der Waals surface area contributed by atoms with Crippen molar-refractivity contribution in [3.63, 3.8) is 0 Å². The van der Waals surface area contributed by atoms with E-state index in [9.17, 15) is 4.79 Å². The second-order valence-corrected chi connectivity index (χ2v) is 4.09. The van der Waals surface area contributed by atoms with E-state index >= 15 is 0 Å². The van der Waals surface area contributed by atoms with Crippen molar-refractivity contribution < 1.29 is 9.53 Å². The van der Waals surface area contributed by atoms with Gasteiger partial charge in [0.1, 0.15) is 5.75 Å². The zero-order chi connectivity index (χ0) is 11.9. The Morgan fingerprint density at radius 2 is 2.12 bits per heavy atom. The topological polar surface area (TPSA) is 31.2 Å². The molecule has 2 rings (SSSR count). The minimum atomic E-state index is 0.549. The molecule has 1 aromatic heterocycles. The van der Waals surface area contributed by atoms with Gasteiger partial charge >= 0.3 is 0 Å². The summed E-state index contributed by atoms with van der Waals surface area (Å²) in [4.78, 5) is 11.1. The van der Waals surface area contributed by atoms with Crippen LogP contribution in [0.3, 0.4) is 0 Å². The van der Waals surface area contributed by atoms with Crippen LogP contribution in [0.1, 0.15) is 16.1 Å². The number of benzene rings is 1. The quantitative estimate of drug-likeness (QED) is 0.752. The third-order valence-electron chi connectivity index (χ3n) is 2.93. The number of ether oxygens (including phenoxy) is 1. The molecule has 0 fully saturated rings. The number of nitrogens with zero attached hydrogens (tertiary/aromatic N) is 1. The normalized spacial score (nSPS) is 10.8. The van der Waals surface area contributed by atoms with E-state index in [0.717, 1.165) is 22.9 Å². The Kier molecular flexibility index (Phi) is 2.64. The molecular formula is C12H12ClNO2. The van der Waals surface area contributed by atoms with Gasteiger partial charge < -0.3 is 9.30 Å². The number of halogens is 1. The van der Waals surface area contributed by atoms with Crippen LogP contribution in [0, 0.1) is 6.92 Å². The van der Waals surface area contributed by atoms with Crippen LogP contribution >= 0.6 is 11.6 Å². The van der Waals surface area contributed by atoms with Gasteiger partial charge in [0.25, 0.3) is 0 Å². The van der Waals surface area contributed by atoms with Gasteiger partial charge in [0.2, 0.25) is 0 Å². The highest BCUT2D eigenvalue weighted by Gasteiger charge is 2.14. The highest BCUT2D eigenvalue weighted by molar-refractivity contribution is 6.33. The molecule has 0 saturated carbocycles. The van der Waals surface area contributed by atoms with Gasteiger partial charge in [0, 0.05) is 23.7 Å². The molecule has 0 aliphatic heterocycles. The van der Waals surface area contributed by atoms with Crippen LogP contribution < -0.4 is 4.74 Å². The first-order valence-electron chi connectivity index (χ1n) is 4.87. The van der Waals surface area contributed by atoms with Crippen LogP contribution in [0.25, 0.3) is 10.9 Å². The third kappa shape index (κ3) is 1.39. The molecule has 0 N–H and O–H groups in total. The Labute approximate surface area is 98.6 Å². The Balaban J connectivity index is 2.91. The van der Waals surface area contributed by atoms with E-state index in [2.05, 4.69) is 0 Å². The summed E-state index contributed by atoms with van der Waals surface area (Å²) in [6, 6.07) is 3.62. The Morgan fingerprint density at radius 3 is 2.69 bits per heavy atom.